The van der Waals surface area contributed by atoms with Crippen molar-refractivity contribution in [3.8, 4) is 0 Å². The van der Waals surface area contributed by atoms with E-state index in [4.69, 9.17) is 10.9 Å². The number of halogens is 1. The van der Waals surface area contributed by atoms with Gasteiger partial charge in [-0.05, 0) is 40.9 Å². The predicted octanol–water partition coefficient (Wildman–Crippen LogP) is 1.59. The standard InChI is InChI=1S/C12H15BrN4O2/c13-9-2-1-6-15-11(9)12(18)17(8-3-4-8)7-5-10(14)16-19/h1-2,6,8,19H,3-5,7H2,(H2,14,16). The molecule has 3 N–H and O–H groups in total. The molecule has 0 unspecified atom stereocenters. The summed E-state index contributed by atoms with van der Waals surface area (Å²) in [6.45, 7) is 0.433. The maximum Gasteiger partial charge on any atom is 0.273 e. The van der Waals surface area contributed by atoms with Gasteiger partial charge in [0.2, 0.25) is 0 Å². The Hall–Kier alpha value is -1.63. The SMILES string of the molecule is N/C(CCN(C(=O)c1ncccc1Br)C1CC1)=N/O. The molecular weight excluding hydrogens is 312 g/mol. The summed E-state index contributed by atoms with van der Waals surface area (Å²) >= 11 is 3.33. The second-order valence-corrected chi connectivity index (χ2v) is 5.26. The molecule has 2 rings (SSSR count). The van der Waals surface area contributed by atoms with Crippen molar-refractivity contribution < 1.29 is 10.0 Å². The van der Waals surface area contributed by atoms with Gasteiger partial charge in [-0.3, -0.25) is 4.79 Å². The molecule has 1 saturated carbocycles. The number of nitrogens with zero attached hydrogens (tertiary/aromatic N) is 3. The Balaban J connectivity index is 2.11. The second-order valence-electron chi connectivity index (χ2n) is 4.40. The zero-order valence-electron chi connectivity index (χ0n) is 10.3. The number of pyridine rings is 1. The van der Waals surface area contributed by atoms with Crippen LogP contribution < -0.4 is 5.73 Å². The summed E-state index contributed by atoms with van der Waals surface area (Å²) in [5, 5.41) is 11.5. The van der Waals surface area contributed by atoms with Crippen molar-refractivity contribution >= 4 is 27.7 Å². The fraction of sp³-hybridized carbons (Fsp3) is 0.417. The molecule has 1 heterocycles. The molecule has 1 aromatic rings. The molecule has 0 spiro atoms. The van der Waals surface area contributed by atoms with Gasteiger partial charge in [0.25, 0.3) is 5.91 Å². The number of hydrogen-bond donors (Lipinski definition) is 2. The van der Waals surface area contributed by atoms with E-state index >= 15 is 0 Å². The molecule has 0 aromatic carbocycles. The van der Waals surface area contributed by atoms with E-state index in [0.717, 1.165) is 12.8 Å². The van der Waals surface area contributed by atoms with Crippen molar-refractivity contribution in [2.24, 2.45) is 10.9 Å². The van der Waals surface area contributed by atoms with Gasteiger partial charge in [0.1, 0.15) is 11.5 Å². The summed E-state index contributed by atoms with van der Waals surface area (Å²) < 4.78 is 0.675. The van der Waals surface area contributed by atoms with Gasteiger partial charge < -0.3 is 15.8 Å². The maximum atomic E-state index is 12.4. The first-order valence-corrected chi connectivity index (χ1v) is 6.80. The first-order chi connectivity index (χ1) is 9.13. The topological polar surface area (TPSA) is 91.8 Å². The highest BCUT2D eigenvalue weighted by molar-refractivity contribution is 9.10. The fourth-order valence-electron chi connectivity index (χ4n) is 1.80. The number of nitrogens with two attached hydrogens (primary N) is 1. The lowest BCUT2D eigenvalue weighted by Crippen LogP contribution is -2.36. The van der Waals surface area contributed by atoms with Crippen molar-refractivity contribution in [3.05, 3.63) is 28.5 Å². The van der Waals surface area contributed by atoms with E-state index in [9.17, 15) is 4.79 Å². The molecule has 0 radical (unpaired) electrons. The number of carbonyl (C=O) groups is 1. The normalized spacial score (nSPS) is 15.3. The van der Waals surface area contributed by atoms with Crippen LogP contribution in [0.2, 0.25) is 0 Å². The number of carbonyl (C=O) groups excluding carboxylic acids is 1. The monoisotopic (exact) mass is 326 g/mol. The molecule has 1 aliphatic carbocycles. The summed E-state index contributed by atoms with van der Waals surface area (Å²) in [4.78, 5) is 18.3. The number of oxime groups is 1. The first kappa shape index (κ1) is 13.8. The fourth-order valence-corrected chi connectivity index (χ4v) is 2.22. The van der Waals surface area contributed by atoms with Gasteiger partial charge in [-0.1, -0.05) is 5.16 Å². The van der Waals surface area contributed by atoms with Crippen LogP contribution in [-0.4, -0.2) is 39.4 Å². The van der Waals surface area contributed by atoms with Crippen LogP contribution in [0.25, 0.3) is 0 Å². The quantitative estimate of drug-likeness (QED) is 0.372. The second kappa shape index (κ2) is 6.01. The zero-order valence-corrected chi connectivity index (χ0v) is 11.9. The van der Waals surface area contributed by atoms with E-state index in [1.54, 1.807) is 23.2 Å². The van der Waals surface area contributed by atoms with Crippen LogP contribution in [0.1, 0.15) is 29.8 Å². The van der Waals surface area contributed by atoms with Crippen molar-refractivity contribution in [1.29, 1.82) is 0 Å². The summed E-state index contributed by atoms with van der Waals surface area (Å²) in [5.74, 6) is -0.000693. The summed E-state index contributed by atoms with van der Waals surface area (Å²) in [7, 11) is 0. The lowest BCUT2D eigenvalue weighted by molar-refractivity contribution is 0.0740. The van der Waals surface area contributed by atoms with Gasteiger partial charge in [0.15, 0.2) is 0 Å². The number of rotatable bonds is 5. The zero-order chi connectivity index (χ0) is 13.8. The number of hydrogen-bond acceptors (Lipinski definition) is 4. The highest BCUT2D eigenvalue weighted by Gasteiger charge is 2.34. The molecule has 0 atom stereocenters. The molecule has 0 saturated heterocycles. The Morgan fingerprint density at radius 2 is 2.37 bits per heavy atom. The molecule has 19 heavy (non-hydrogen) atoms. The number of amidine groups is 1. The average molecular weight is 327 g/mol. The minimum Gasteiger partial charge on any atom is -0.409 e. The van der Waals surface area contributed by atoms with Crippen LogP contribution in [0.4, 0.5) is 0 Å². The maximum absolute atomic E-state index is 12.4. The van der Waals surface area contributed by atoms with E-state index in [0.29, 0.717) is 23.1 Å². The third-order valence-electron chi connectivity index (χ3n) is 2.95. The Kier molecular flexibility index (Phi) is 4.36. The lowest BCUT2D eigenvalue weighted by atomic mass is 10.2. The summed E-state index contributed by atoms with van der Waals surface area (Å²) in [6, 6.07) is 3.79. The van der Waals surface area contributed by atoms with E-state index in [1.165, 1.54) is 0 Å². The first-order valence-electron chi connectivity index (χ1n) is 6.01. The van der Waals surface area contributed by atoms with Crippen molar-refractivity contribution in [3.63, 3.8) is 0 Å². The molecule has 1 aromatic heterocycles. The molecule has 1 aliphatic rings. The molecule has 1 amide bonds. The molecule has 0 bridgehead atoms. The smallest absolute Gasteiger partial charge is 0.273 e. The summed E-state index contributed by atoms with van der Waals surface area (Å²) in [6.07, 6.45) is 3.93. The number of amides is 1. The van der Waals surface area contributed by atoms with Gasteiger partial charge >= 0.3 is 0 Å². The molecule has 7 heteroatoms. The van der Waals surface area contributed by atoms with Gasteiger partial charge in [0.05, 0.1) is 0 Å². The third kappa shape index (κ3) is 3.44. The van der Waals surface area contributed by atoms with Crippen LogP contribution in [0.5, 0.6) is 0 Å². The van der Waals surface area contributed by atoms with Crippen molar-refractivity contribution in [2.75, 3.05) is 6.54 Å². The van der Waals surface area contributed by atoms with Crippen LogP contribution in [0, 0.1) is 0 Å². The molecule has 6 nitrogen and oxygen atoms in total. The molecule has 1 fully saturated rings. The Bertz CT molecular complexity index is 502. The van der Waals surface area contributed by atoms with Gasteiger partial charge in [0, 0.05) is 29.7 Å². The Morgan fingerprint density at radius 3 is 2.95 bits per heavy atom. The van der Waals surface area contributed by atoms with Crippen LogP contribution in [0.15, 0.2) is 28.0 Å². The van der Waals surface area contributed by atoms with Crippen LogP contribution in [-0.2, 0) is 0 Å². The Morgan fingerprint density at radius 1 is 1.63 bits per heavy atom. The van der Waals surface area contributed by atoms with Gasteiger partial charge in [-0.15, -0.1) is 0 Å². The molecule has 0 aliphatic heterocycles. The lowest BCUT2D eigenvalue weighted by Gasteiger charge is -2.22. The minimum absolute atomic E-state index is 0.124. The summed E-state index contributed by atoms with van der Waals surface area (Å²) in [5.41, 5.74) is 5.84. The highest BCUT2D eigenvalue weighted by Crippen LogP contribution is 2.29. The predicted molar refractivity (Wildman–Crippen MR) is 74.0 cm³/mol. The minimum atomic E-state index is -0.124. The van der Waals surface area contributed by atoms with E-state index in [-0.39, 0.29) is 17.8 Å². The van der Waals surface area contributed by atoms with E-state index < -0.39 is 0 Å². The van der Waals surface area contributed by atoms with Gasteiger partial charge in [-0.25, -0.2) is 4.98 Å². The highest BCUT2D eigenvalue weighted by atomic mass is 79.9. The third-order valence-corrected chi connectivity index (χ3v) is 3.59. The van der Waals surface area contributed by atoms with Crippen LogP contribution in [0.3, 0.4) is 0 Å². The molecular formula is C12H15BrN4O2. The van der Waals surface area contributed by atoms with E-state index in [1.807, 2.05) is 0 Å². The largest absolute Gasteiger partial charge is 0.409 e. The van der Waals surface area contributed by atoms with Crippen LogP contribution >= 0.6 is 15.9 Å². The van der Waals surface area contributed by atoms with Crippen molar-refractivity contribution in [2.45, 2.75) is 25.3 Å². The Labute approximate surface area is 119 Å². The molecule has 102 valence electrons. The number of aromatic nitrogens is 1. The average Bonchev–Trinajstić information content (AvgIpc) is 3.23. The van der Waals surface area contributed by atoms with Crippen molar-refractivity contribution in [1.82, 2.24) is 9.88 Å². The van der Waals surface area contributed by atoms with E-state index in [2.05, 4.69) is 26.1 Å². The van der Waals surface area contributed by atoms with Gasteiger partial charge in [-0.2, -0.15) is 0 Å².